The Morgan fingerprint density at radius 2 is 1.90 bits per heavy atom. The first-order valence-electron chi connectivity index (χ1n) is 6.01. The molecule has 0 aliphatic rings. The molecule has 110 valence electrons. The molecule has 0 radical (unpaired) electrons. The molecule has 1 aromatic carbocycles. The maximum Gasteiger partial charge on any atom is 0.275 e. The number of aryl methyl sites for hydroxylation is 2. The first kappa shape index (κ1) is 15.1. The van der Waals surface area contributed by atoms with Gasteiger partial charge in [0, 0.05) is 11.9 Å². The number of sulfonamides is 1. The molecule has 2 aromatic rings. The second-order valence-corrected chi connectivity index (χ2v) is 6.05. The lowest BCUT2D eigenvalue weighted by atomic mass is 10.2. The van der Waals surface area contributed by atoms with Crippen molar-refractivity contribution < 1.29 is 13.2 Å². The van der Waals surface area contributed by atoms with Crippen LogP contribution in [0.3, 0.4) is 0 Å². The molecule has 8 heteroatoms. The first-order chi connectivity index (χ1) is 9.77. The number of carbonyl (C=O) groups is 1. The monoisotopic (exact) mass is 306 g/mol. The van der Waals surface area contributed by atoms with E-state index in [9.17, 15) is 13.2 Å². The van der Waals surface area contributed by atoms with Crippen LogP contribution in [-0.4, -0.2) is 24.3 Å². The summed E-state index contributed by atoms with van der Waals surface area (Å²) in [6.45, 7) is 3.38. The van der Waals surface area contributed by atoms with Crippen LogP contribution in [0, 0.1) is 13.8 Å². The van der Waals surface area contributed by atoms with Gasteiger partial charge in [0.05, 0.1) is 16.8 Å². The van der Waals surface area contributed by atoms with Gasteiger partial charge in [0.15, 0.2) is 0 Å². The van der Waals surface area contributed by atoms with Gasteiger partial charge in [-0.25, -0.2) is 18.5 Å². The van der Waals surface area contributed by atoms with Crippen molar-refractivity contribution >= 4 is 21.6 Å². The Bertz CT molecular complexity index is 786. The van der Waals surface area contributed by atoms with Crippen LogP contribution >= 0.6 is 0 Å². The van der Waals surface area contributed by atoms with Crippen LogP contribution in [0.4, 0.5) is 5.69 Å². The number of nitrogens with two attached hydrogens (primary N) is 1. The SMILES string of the molecule is Cc1cnc(C(=O)Nc2ccc(C)c(S(N)(=O)=O)c2)cn1. The van der Waals surface area contributed by atoms with Gasteiger partial charge in [0.1, 0.15) is 5.69 Å². The zero-order valence-corrected chi connectivity index (χ0v) is 12.3. The van der Waals surface area contributed by atoms with Gasteiger partial charge in [-0.1, -0.05) is 6.07 Å². The average Bonchev–Trinajstić information content (AvgIpc) is 2.40. The van der Waals surface area contributed by atoms with Gasteiger partial charge in [-0.05, 0) is 31.5 Å². The van der Waals surface area contributed by atoms with Gasteiger partial charge >= 0.3 is 0 Å². The van der Waals surface area contributed by atoms with E-state index in [1.165, 1.54) is 18.5 Å². The van der Waals surface area contributed by atoms with Crippen molar-refractivity contribution in [2.45, 2.75) is 18.7 Å². The highest BCUT2D eigenvalue weighted by atomic mass is 32.2. The van der Waals surface area contributed by atoms with Crippen LogP contribution in [0.25, 0.3) is 0 Å². The number of rotatable bonds is 3. The van der Waals surface area contributed by atoms with E-state index in [0.717, 1.165) is 0 Å². The molecule has 0 saturated carbocycles. The van der Waals surface area contributed by atoms with Gasteiger partial charge in [-0.2, -0.15) is 0 Å². The summed E-state index contributed by atoms with van der Waals surface area (Å²) < 4.78 is 22.9. The Kier molecular flexibility index (Phi) is 4.01. The fourth-order valence-corrected chi connectivity index (χ4v) is 2.50. The van der Waals surface area contributed by atoms with Crippen LogP contribution in [0.2, 0.25) is 0 Å². The molecule has 0 bridgehead atoms. The highest BCUT2D eigenvalue weighted by molar-refractivity contribution is 7.89. The van der Waals surface area contributed by atoms with Crippen molar-refractivity contribution in [1.29, 1.82) is 0 Å². The lowest BCUT2D eigenvalue weighted by Crippen LogP contribution is -2.17. The van der Waals surface area contributed by atoms with E-state index in [-0.39, 0.29) is 10.6 Å². The van der Waals surface area contributed by atoms with E-state index in [2.05, 4.69) is 15.3 Å². The smallest absolute Gasteiger partial charge is 0.275 e. The molecule has 2 rings (SSSR count). The summed E-state index contributed by atoms with van der Waals surface area (Å²) in [6, 6.07) is 4.46. The second kappa shape index (κ2) is 5.58. The lowest BCUT2D eigenvalue weighted by molar-refractivity contribution is 0.102. The van der Waals surface area contributed by atoms with E-state index < -0.39 is 15.9 Å². The van der Waals surface area contributed by atoms with Crippen molar-refractivity contribution in [1.82, 2.24) is 9.97 Å². The number of anilines is 1. The fourth-order valence-electron chi connectivity index (χ4n) is 1.69. The van der Waals surface area contributed by atoms with E-state index in [4.69, 9.17) is 5.14 Å². The third-order valence-corrected chi connectivity index (χ3v) is 3.82. The topological polar surface area (TPSA) is 115 Å². The minimum absolute atomic E-state index is 0.0321. The Balaban J connectivity index is 2.28. The van der Waals surface area contributed by atoms with Crippen molar-refractivity contribution in [2.24, 2.45) is 5.14 Å². The average molecular weight is 306 g/mol. The zero-order valence-electron chi connectivity index (χ0n) is 11.5. The number of amides is 1. The third kappa shape index (κ3) is 3.61. The number of primary sulfonamides is 1. The first-order valence-corrected chi connectivity index (χ1v) is 7.55. The Morgan fingerprint density at radius 1 is 1.19 bits per heavy atom. The van der Waals surface area contributed by atoms with Gasteiger partial charge in [0.25, 0.3) is 5.91 Å². The molecule has 21 heavy (non-hydrogen) atoms. The quantitative estimate of drug-likeness (QED) is 0.877. The van der Waals surface area contributed by atoms with Crippen LogP contribution < -0.4 is 10.5 Å². The van der Waals surface area contributed by atoms with E-state index in [0.29, 0.717) is 16.9 Å². The van der Waals surface area contributed by atoms with Crippen LogP contribution in [0.15, 0.2) is 35.5 Å². The normalized spacial score (nSPS) is 11.2. The molecule has 0 atom stereocenters. The maximum absolute atomic E-state index is 12.0. The Labute approximate surface area is 122 Å². The number of nitrogens with one attached hydrogen (secondary N) is 1. The Morgan fingerprint density at radius 3 is 2.48 bits per heavy atom. The summed E-state index contributed by atoms with van der Waals surface area (Å²) in [7, 11) is -3.84. The van der Waals surface area contributed by atoms with Gasteiger partial charge in [-0.15, -0.1) is 0 Å². The molecule has 0 spiro atoms. The molecule has 7 nitrogen and oxygen atoms in total. The summed E-state index contributed by atoms with van der Waals surface area (Å²) in [4.78, 5) is 19.9. The number of hydrogen-bond acceptors (Lipinski definition) is 5. The van der Waals surface area contributed by atoms with Gasteiger partial charge in [-0.3, -0.25) is 9.78 Å². The second-order valence-electron chi connectivity index (χ2n) is 4.52. The summed E-state index contributed by atoms with van der Waals surface area (Å²) in [5.41, 5.74) is 1.65. The fraction of sp³-hybridized carbons (Fsp3) is 0.154. The summed E-state index contributed by atoms with van der Waals surface area (Å²) in [6.07, 6.45) is 2.82. The van der Waals surface area contributed by atoms with Crippen molar-refractivity contribution in [3.05, 3.63) is 47.5 Å². The minimum atomic E-state index is -3.84. The van der Waals surface area contributed by atoms with Crippen LogP contribution in [-0.2, 0) is 10.0 Å². The van der Waals surface area contributed by atoms with E-state index >= 15 is 0 Å². The van der Waals surface area contributed by atoms with Gasteiger partial charge < -0.3 is 5.32 Å². The predicted molar refractivity (Wildman–Crippen MR) is 77.3 cm³/mol. The molecule has 3 N–H and O–H groups in total. The minimum Gasteiger partial charge on any atom is -0.321 e. The van der Waals surface area contributed by atoms with Crippen molar-refractivity contribution in [3.8, 4) is 0 Å². The molecule has 0 fully saturated rings. The molecular formula is C13H14N4O3S. The van der Waals surface area contributed by atoms with E-state index in [1.54, 1.807) is 26.0 Å². The van der Waals surface area contributed by atoms with Crippen LogP contribution in [0.1, 0.15) is 21.7 Å². The number of hydrogen-bond donors (Lipinski definition) is 2. The highest BCUT2D eigenvalue weighted by Gasteiger charge is 2.14. The highest BCUT2D eigenvalue weighted by Crippen LogP contribution is 2.19. The molecule has 1 amide bonds. The van der Waals surface area contributed by atoms with Crippen LogP contribution in [0.5, 0.6) is 0 Å². The number of nitrogens with zero attached hydrogens (tertiary/aromatic N) is 2. The lowest BCUT2D eigenvalue weighted by Gasteiger charge is -2.08. The number of aromatic nitrogens is 2. The Hall–Kier alpha value is -2.32. The molecule has 0 unspecified atom stereocenters. The largest absolute Gasteiger partial charge is 0.321 e. The summed E-state index contributed by atoms with van der Waals surface area (Å²) >= 11 is 0. The predicted octanol–water partition coefficient (Wildman–Crippen LogP) is 0.993. The standard InChI is InChI=1S/C13H14N4O3S/c1-8-3-4-10(5-12(8)21(14,19)20)17-13(18)11-7-15-9(2)6-16-11/h3-7H,1-2H3,(H,17,18)(H2,14,19,20). The molecule has 0 saturated heterocycles. The van der Waals surface area contributed by atoms with Crippen molar-refractivity contribution in [3.63, 3.8) is 0 Å². The molecule has 0 aliphatic heterocycles. The van der Waals surface area contributed by atoms with Gasteiger partial charge in [0.2, 0.25) is 10.0 Å². The molecule has 1 heterocycles. The summed E-state index contributed by atoms with van der Waals surface area (Å²) in [5, 5.41) is 7.68. The summed E-state index contributed by atoms with van der Waals surface area (Å²) in [5.74, 6) is -0.480. The molecule has 0 aliphatic carbocycles. The maximum atomic E-state index is 12.0. The third-order valence-electron chi connectivity index (χ3n) is 2.77. The number of benzene rings is 1. The zero-order chi connectivity index (χ0) is 15.6. The van der Waals surface area contributed by atoms with Crippen molar-refractivity contribution in [2.75, 3.05) is 5.32 Å². The number of carbonyl (C=O) groups excluding carboxylic acids is 1. The molecule has 1 aromatic heterocycles. The van der Waals surface area contributed by atoms with E-state index in [1.807, 2.05) is 0 Å². The molecular weight excluding hydrogens is 292 g/mol.